The molecule has 16 heavy (non-hydrogen) atoms. The van der Waals surface area contributed by atoms with Crippen molar-refractivity contribution in [3.8, 4) is 0 Å². The third-order valence-electron chi connectivity index (χ3n) is 1.87. The van der Waals surface area contributed by atoms with Gasteiger partial charge in [0.05, 0.1) is 16.8 Å². The van der Waals surface area contributed by atoms with Crippen LogP contribution >= 0.6 is 15.9 Å². The summed E-state index contributed by atoms with van der Waals surface area (Å²) in [5.41, 5.74) is 3.58. The van der Waals surface area contributed by atoms with Crippen LogP contribution in [0.3, 0.4) is 0 Å². The molecule has 1 aromatic carbocycles. The number of benzene rings is 1. The number of aliphatic hydroxyl groups is 6. The van der Waals surface area contributed by atoms with Gasteiger partial charge in [-0.3, -0.25) is 0 Å². The summed E-state index contributed by atoms with van der Waals surface area (Å²) in [5.74, 6) is -6.51. The van der Waals surface area contributed by atoms with E-state index >= 15 is 0 Å². The molecule has 0 atom stereocenters. The molecule has 1 aromatic rings. The highest BCUT2D eigenvalue weighted by atomic mass is 79.9. The number of anilines is 1. The molecule has 0 radical (unpaired) electrons. The lowest BCUT2D eigenvalue weighted by Crippen LogP contribution is -2.30. The van der Waals surface area contributed by atoms with Crippen molar-refractivity contribution in [2.45, 2.75) is 11.9 Å². The minimum atomic E-state index is -3.26. The van der Waals surface area contributed by atoms with Crippen molar-refractivity contribution in [2.75, 3.05) is 5.73 Å². The van der Waals surface area contributed by atoms with Crippen LogP contribution in [0.4, 0.5) is 5.69 Å². The minimum absolute atomic E-state index is 0.148. The molecule has 0 saturated heterocycles. The quantitative estimate of drug-likeness (QED) is 0.252. The first-order chi connectivity index (χ1) is 7.03. The Bertz CT molecular complexity index is 373. The Kier molecular flexibility index (Phi) is 3.27. The van der Waals surface area contributed by atoms with Crippen molar-refractivity contribution in [2.24, 2.45) is 0 Å². The fourth-order valence-corrected chi connectivity index (χ4v) is 1.63. The van der Waals surface area contributed by atoms with E-state index < -0.39 is 28.8 Å². The van der Waals surface area contributed by atoms with Crippen molar-refractivity contribution >= 4 is 21.6 Å². The molecule has 0 heterocycles. The predicted octanol–water partition coefficient (Wildman–Crippen LogP) is -1.79. The van der Waals surface area contributed by atoms with Gasteiger partial charge in [-0.15, -0.1) is 0 Å². The van der Waals surface area contributed by atoms with Gasteiger partial charge in [0.25, 0.3) is 0 Å². The summed E-state index contributed by atoms with van der Waals surface area (Å²) in [6.07, 6.45) is 0. The van der Waals surface area contributed by atoms with Gasteiger partial charge in [0.2, 0.25) is 0 Å². The molecule has 0 aliphatic heterocycles. The van der Waals surface area contributed by atoms with Crippen molar-refractivity contribution in [3.63, 3.8) is 0 Å². The highest BCUT2D eigenvalue weighted by Crippen LogP contribution is 2.33. The Labute approximate surface area is 98.1 Å². The number of nitrogen functional groups attached to an aromatic ring is 1. The molecule has 0 aliphatic rings. The zero-order valence-electron chi connectivity index (χ0n) is 7.79. The summed E-state index contributed by atoms with van der Waals surface area (Å²) >= 11 is 2.91. The molecule has 0 unspecified atom stereocenters. The molecule has 7 nitrogen and oxygen atoms in total. The molecule has 8 heteroatoms. The molecule has 8 N–H and O–H groups in total. The van der Waals surface area contributed by atoms with E-state index in [4.69, 9.17) is 36.4 Å². The maximum absolute atomic E-state index is 8.95. The highest BCUT2D eigenvalue weighted by molar-refractivity contribution is 9.10. The van der Waals surface area contributed by atoms with Gasteiger partial charge in [-0.25, -0.2) is 0 Å². The number of halogens is 1. The predicted molar refractivity (Wildman–Crippen MR) is 55.2 cm³/mol. The Morgan fingerprint density at radius 1 is 0.875 bits per heavy atom. The average Bonchev–Trinajstić information content (AvgIpc) is 2.04. The van der Waals surface area contributed by atoms with Crippen LogP contribution in [-0.4, -0.2) is 30.6 Å². The third kappa shape index (κ3) is 2.68. The lowest BCUT2D eigenvalue weighted by atomic mass is 10.0. The molecule has 0 bridgehead atoms. The molecule has 90 valence electrons. The van der Waals surface area contributed by atoms with Crippen LogP contribution < -0.4 is 5.73 Å². The third-order valence-corrected chi connectivity index (χ3v) is 2.33. The second-order valence-electron chi connectivity index (χ2n) is 3.19. The molecule has 0 spiro atoms. The van der Waals surface area contributed by atoms with Crippen LogP contribution in [0.15, 0.2) is 16.6 Å². The van der Waals surface area contributed by atoms with Crippen LogP contribution in [-0.2, 0) is 11.9 Å². The van der Waals surface area contributed by atoms with E-state index in [-0.39, 0.29) is 4.47 Å². The van der Waals surface area contributed by atoms with E-state index in [1.165, 1.54) is 0 Å². The molecule has 0 aromatic heterocycles. The van der Waals surface area contributed by atoms with E-state index in [1.54, 1.807) is 0 Å². The van der Waals surface area contributed by atoms with Gasteiger partial charge >= 0.3 is 11.9 Å². The first kappa shape index (κ1) is 13.3. The first-order valence-electron chi connectivity index (χ1n) is 3.97. The van der Waals surface area contributed by atoms with Gasteiger partial charge in [0.15, 0.2) is 0 Å². The van der Waals surface area contributed by atoms with Gasteiger partial charge in [-0.05, 0) is 12.1 Å². The largest absolute Gasteiger partial charge is 0.398 e. The maximum atomic E-state index is 8.95. The summed E-state index contributed by atoms with van der Waals surface area (Å²) < 4.78 is 0.148. The molecule has 0 saturated carbocycles. The molecule has 1 rings (SSSR count). The van der Waals surface area contributed by atoms with Gasteiger partial charge in [-0.1, -0.05) is 15.9 Å². The summed E-state index contributed by atoms with van der Waals surface area (Å²) in [5, 5.41) is 53.7. The van der Waals surface area contributed by atoms with Crippen LogP contribution in [0.25, 0.3) is 0 Å². The van der Waals surface area contributed by atoms with E-state index in [0.717, 1.165) is 12.1 Å². The normalized spacial score (nSPS) is 12.9. The Hall–Kier alpha value is -0.740. The molecule has 0 amide bonds. The van der Waals surface area contributed by atoms with Crippen molar-refractivity contribution in [3.05, 3.63) is 27.7 Å². The number of rotatable bonds is 2. The summed E-state index contributed by atoms with van der Waals surface area (Å²) in [7, 11) is 0. The highest BCUT2D eigenvalue weighted by Gasteiger charge is 2.32. The smallest absolute Gasteiger partial charge is 0.306 e. The van der Waals surface area contributed by atoms with Gasteiger partial charge in [0, 0.05) is 4.47 Å². The Balaban J connectivity index is 3.51. The van der Waals surface area contributed by atoms with Crippen LogP contribution in [0.2, 0.25) is 0 Å². The van der Waals surface area contributed by atoms with Crippen molar-refractivity contribution in [1.29, 1.82) is 0 Å². The molecule has 0 fully saturated rings. The van der Waals surface area contributed by atoms with E-state index in [9.17, 15) is 0 Å². The fourth-order valence-electron chi connectivity index (χ4n) is 1.17. The topological polar surface area (TPSA) is 147 Å². The lowest BCUT2D eigenvalue weighted by molar-refractivity contribution is -0.326. The average molecular weight is 296 g/mol. The Morgan fingerprint density at radius 2 is 1.19 bits per heavy atom. The van der Waals surface area contributed by atoms with Gasteiger partial charge in [0.1, 0.15) is 0 Å². The summed E-state index contributed by atoms with van der Waals surface area (Å²) in [6.45, 7) is 0. The van der Waals surface area contributed by atoms with Gasteiger partial charge in [-0.2, -0.15) is 0 Å². The molecular weight excluding hydrogens is 286 g/mol. The van der Waals surface area contributed by atoms with E-state index in [1.807, 2.05) is 0 Å². The zero-order chi connectivity index (χ0) is 12.7. The summed E-state index contributed by atoms with van der Waals surface area (Å²) in [4.78, 5) is 0. The Morgan fingerprint density at radius 3 is 1.44 bits per heavy atom. The maximum Gasteiger partial charge on any atom is 0.306 e. The number of hydrogen-bond donors (Lipinski definition) is 7. The second kappa shape index (κ2) is 3.93. The first-order valence-corrected chi connectivity index (χ1v) is 4.77. The summed E-state index contributed by atoms with van der Waals surface area (Å²) in [6, 6.07) is 2.09. The minimum Gasteiger partial charge on any atom is -0.398 e. The number of nitrogens with two attached hydrogens (primary N) is 1. The van der Waals surface area contributed by atoms with E-state index in [0.29, 0.717) is 0 Å². The second-order valence-corrected chi connectivity index (χ2v) is 4.10. The SMILES string of the molecule is Nc1c(C(O)(O)O)cc(Br)cc1C(O)(O)O. The fraction of sp³-hybridized carbons (Fsp3) is 0.250. The van der Waals surface area contributed by atoms with Crippen LogP contribution in [0.1, 0.15) is 11.1 Å². The monoisotopic (exact) mass is 295 g/mol. The van der Waals surface area contributed by atoms with Crippen molar-refractivity contribution < 1.29 is 30.6 Å². The zero-order valence-corrected chi connectivity index (χ0v) is 9.38. The molecule has 0 aliphatic carbocycles. The standard InChI is InChI=1S/C8H10BrNO6/c9-3-1-4(7(11,12)13)6(10)5(2-3)8(14,15)16/h1-2,11-16H,10H2. The van der Waals surface area contributed by atoms with E-state index in [2.05, 4.69) is 15.9 Å². The van der Waals surface area contributed by atoms with Crippen LogP contribution in [0.5, 0.6) is 0 Å². The molecular formula is C8H10BrNO6. The van der Waals surface area contributed by atoms with Crippen LogP contribution in [0, 0.1) is 0 Å². The van der Waals surface area contributed by atoms with Gasteiger partial charge < -0.3 is 36.4 Å². The number of hydrogen-bond acceptors (Lipinski definition) is 7. The lowest BCUT2D eigenvalue weighted by Gasteiger charge is -2.22. The van der Waals surface area contributed by atoms with Crippen molar-refractivity contribution in [1.82, 2.24) is 0 Å².